The number of fused-ring (bicyclic) bond motifs is 1. The van der Waals surface area contributed by atoms with Crippen LogP contribution >= 0.6 is 23.7 Å². The van der Waals surface area contributed by atoms with Crippen LogP contribution in [0.3, 0.4) is 0 Å². The molecule has 0 radical (unpaired) electrons. The molecule has 1 aromatic heterocycles. The van der Waals surface area contributed by atoms with Crippen molar-refractivity contribution in [3.63, 3.8) is 0 Å². The molecule has 7 heteroatoms. The smallest absolute Gasteiger partial charge is 0.260 e. The van der Waals surface area contributed by atoms with E-state index in [-0.39, 0.29) is 24.1 Å². The van der Waals surface area contributed by atoms with Crippen LogP contribution in [0.2, 0.25) is 0 Å². The van der Waals surface area contributed by atoms with Gasteiger partial charge in [0.15, 0.2) is 5.13 Å². The highest BCUT2D eigenvalue weighted by Crippen LogP contribution is 2.32. The molecule has 1 amide bonds. The zero-order valence-electron chi connectivity index (χ0n) is 15.8. The molecule has 2 aromatic carbocycles. The molecule has 144 valence electrons. The molecular formula is C20H23ClFN3OS. The number of likely N-dealkylation sites (N-methyl/N-ethyl adjacent to an activating group) is 1. The minimum absolute atomic E-state index is 0. The number of aryl methyl sites for hydroxylation is 2. The standard InChI is InChI=1S/C20H22FN3OS.ClH/c1-13-11-14(2)18-17(12-13)26-20(22-18)24(10-9-23(3)4)19(25)15-5-7-16(21)8-6-15;/h5-8,11-12H,9-10H2,1-4H3;1H. The molecule has 1 heterocycles. The molecule has 0 spiro atoms. The predicted octanol–water partition coefficient (Wildman–Crippen LogP) is 4.68. The fourth-order valence-electron chi connectivity index (χ4n) is 2.81. The maximum Gasteiger partial charge on any atom is 0.260 e. The molecule has 0 aliphatic carbocycles. The summed E-state index contributed by atoms with van der Waals surface area (Å²) in [4.78, 5) is 21.5. The second-order valence-electron chi connectivity index (χ2n) is 6.69. The van der Waals surface area contributed by atoms with E-state index in [2.05, 4.69) is 19.1 Å². The monoisotopic (exact) mass is 407 g/mol. The van der Waals surface area contributed by atoms with Crippen molar-refractivity contribution in [2.45, 2.75) is 13.8 Å². The van der Waals surface area contributed by atoms with Gasteiger partial charge in [0.1, 0.15) is 5.82 Å². The Bertz CT molecular complexity index is 940. The van der Waals surface area contributed by atoms with Crippen LogP contribution in [-0.4, -0.2) is 43.0 Å². The van der Waals surface area contributed by atoms with Gasteiger partial charge in [0.25, 0.3) is 5.91 Å². The van der Waals surface area contributed by atoms with Crippen molar-refractivity contribution in [2.75, 3.05) is 32.1 Å². The Balaban J connectivity index is 0.00000261. The maximum absolute atomic E-state index is 13.2. The lowest BCUT2D eigenvalue weighted by atomic mass is 10.1. The van der Waals surface area contributed by atoms with E-state index in [0.29, 0.717) is 23.8 Å². The van der Waals surface area contributed by atoms with Gasteiger partial charge >= 0.3 is 0 Å². The molecule has 0 fully saturated rings. The van der Waals surface area contributed by atoms with Gasteiger partial charge in [0.2, 0.25) is 0 Å². The molecule has 3 rings (SSSR count). The van der Waals surface area contributed by atoms with Crippen LogP contribution < -0.4 is 4.90 Å². The van der Waals surface area contributed by atoms with E-state index in [1.807, 2.05) is 25.9 Å². The van der Waals surface area contributed by atoms with Gasteiger partial charge in [-0.25, -0.2) is 9.37 Å². The third-order valence-electron chi connectivity index (χ3n) is 4.16. The van der Waals surface area contributed by atoms with Crippen LogP contribution in [-0.2, 0) is 0 Å². The molecule has 27 heavy (non-hydrogen) atoms. The number of thiazole rings is 1. The normalized spacial score (nSPS) is 10.9. The van der Waals surface area contributed by atoms with Crippen LogP contribution in [0.4, 0.5) is 9.52 Å². The average Bonchev–Trinajstić information content (AvgIpc) is 2.99. The number of anilines is 1. The summed E-state index contributed by atoms with van der Waals surface area (Å²) in [5.74, 6) is -0.521. The summed E-state index contributed by atoms with van der Waals surface area (Å²) in [5.41, 5.74) is 3.66. The van der Waals surface area contributed by atoms with Crippen LogP contribution in [0.1, 0.15) is 21.5 Å². The van der Waals surface area contributed by atoms with Crippen LogP contribution in [0.25, 0.3) is 10.2 Å². The van der Waals surface area contributed by atoms with Crippen LogP contribution in [0.15, 0.2) is 36.4 Å². The topological polar surface area (TPSA) is 36.4 Å². The second-order valence-corrected chi connectivity index (χ2v) is 7.70. The molecule has 0 saturated heterocycles. The zero-order valence-corrected chi connectivity index (χ0v) is 17.5. The van der Waals surface area contributed by atoms with Gasteiger partial charge in [-0.05, 0) is 69.4 Å². The number of hydrogen-bond donors (Lipinski definition) is 0. The molecule has 0 N–H and O–H groups in total. The fraction of sp³-hybridized carbons (Fsp3) is 0.300. The Hall–Kier alpha value is -2.02. The maximum atomic E-state index is 13.2. The molecule has 0 aliphatic heterocycles. The summed E-state index contributed by atoms with van der Waals surface area (Å²) in [7, 11) is 3.93. The van der Waals surface area contributed by atoms with E-state index >= 15 is 0 Å². The number of halogens is 2. The number of aromatic nitrogens is 1. The van der Waals surface area contributed by atoms with E-state index in [4.69, 9.17) is 4.98 Å². The van der Waals surface area contributed by atoms with Crippen molar-refractivity contribution in [2.24, 2.45) is 0 Å². The minimum Gasteiger partial charge on any atom is -0.308 e. The van der Waals surface area contributed by atoms with Gasteiger partial charge in [-0.3, -0.25) is 9.69 Å². The first-order valence-electron chi connectivity index (χ1n) is 8.45. The van der Waals surface area contributed by atoms with E-state index in [9.17, 15) is 9.18 Å². The number of rotatable bonds is 5. The van der Waals surface area contributed by atoms with E-state index in [1.165, 1.54) is 41.2 Å². The number of carbonyl (C=O) groups excluding carboxylic acids is 1. The van der Waals surface area contributed by atoms with E-state index in [1.54, 1.807) is 4.90 Å². The SMILES string of the molecule is Cc1cc(C)c2nc(N(CCN(C)C)C(=O)c3ccc(F)cc3)sc2c1.Cl. The molecule has 4 nitrogen and oxygen atoms in total. The van der Waals surface area contributed by atoms with Crippen molar-refractivity contribution in [1.29, 1.82) is 0 Å². The molecule has 0 saturated carbocycles. The van der Waals surface area contributed by atoms with Crippen molar-refractivity contribution in [3.05, 3.63) is 58.9 Å². The third kappa shape index (κ3) is 4.83. The lowest BCUT2D eigenvalue weighted by Gasteiger charge is -2.22. The summed E-state index contributed by atoms with van der Waals surface area (Å²) in [6, 6.07) is 9.84. The summed E-state index contributed by atoms with van der Waals surface area (Å²) >= 11 is 1.51. The highest BCUT2D eigenvalue weighted by atomic mass is 35.5. The van der Waals surface area contributed by atoms with Crippen molar-refractivity contribution in [1.82, 2.24) is 9.88 Å². The number of benzene rings is 2. The molecule has 0 unspecified atom stereocenters. The highest BCUT2D eigenvalue weighted by Gasteiger charge is 2.22. The van der Waals surface area contributed by atoms with Crippen LogP contribution in [0.5, 0.6) is 0 Å². The zero-order chi connectivity index (χ0) is 18.8. The Kier molecular flexibility index (Phi) is 6.92. The van der Waals surface area contributed by atoms with Crippen molar-refractivity contribution in [3.8, 4) is 0 Å². The van der Waals surface area contributed by atoms with Gasteiger partial charge in [0, 0.05) is 18.7 Å². The quantitative estimate of drug-likeness (QED) is 0.616. The molecular weight excluding hydrogens is 385 g/mol. The molecule has 3 aromatic rings. The highest BCUT2D eigenvalue weighted by molar-refractivity contribution is 7.22. The van der Waals surface area contributed by atoms with Gasteiger partial charge in [-0.2, -0.15) is 0 Å². The van der Waals surface area contributed by atoms with E-state index < -0.39 is 0 Å². The number of nitrogens with zero attached hydrogens (tertiary/aromatic N) is 3. The Labute approximate surface area is 169 Å². The van der Waals surface area contributed by atoms with Gasteiger partial charge in [0.05, 0.1) is 10.2 Å². The first-order valence-corrected chi connectivity index (χ1v) is 9.27. The Morgan fingerprint density at radius 2 is 1.78 bits per heavy atom. The predicted molar refractivity (Wildman–Crippen MR) is 113 cm³/mol. The fourth-order valence-corrected chi connectivity index (χ4v) is 3.97. The Morgan fingerprint density at radius 3 is 2.41 bits per heavy atom. The average molecular weight is 408 g/mol. The third-order valence-corrected chi connectivity index (χ3v) is 5.18. The summed E-state index contributed by atoms with van der Waals surface area (Å²) in [6.07, 6.45) is 0. The first-order chi connectivity index (χ1) is 12.3. The molecule has 0 aliphatic rings. The first kappa shape index (κ1) is 21.3. The summed E-state index contributed by atoms with van der Waals surface area (Å²) in [6.45, 7) is 5.31. The summed E-state index contributed by atoms with van der Waals surface area (Å²) in [5, 5.41) is 0.671. The van der Waals surface area contributed by atoms with Gasteiger partial charge in [-0.1, -0.05) is 17.4 Å². The summed E-state index contributed by atoms with van der Waals surface area (Å²) < 4.78 is 14.3. The van der Waals surface area contributed by atoms with Crippen LogP contribution in [0, 0.1) is 19.7 Å². The van der Waals surface area contributed by atoms with Gasteiger partial charge < -0.3 is 4.90 Å². The second kappa shape index (κ2) is 8.78. The number of amides is 1. The number of carbonyl (C=O) groups is 1. The van der Waals surface area contributed by atoms with E-state index in [0.717, 1.165) is 15.8 Å². The number of hydrogen-bond acceptors (Lipinski definition) is 4. The van der Waals surface area contributed by atoms with Crippen molar-refractivity contribution < 1.29 is 9.18 Å². The molecule has 0 atom stereocenters. The van der Waals surface area contributed by atoms with Crippen molar-refractivity contribution >= 4 is 45.0 Å². The lowest BCUT2D eigenvalue weighted by Crippen LogP contribution is -2.36. The largest absolute Gasteiger partial charge is 0.308 e. The minimum atomic E-state index is -0.354. The van der Waals surface area contributed by atoms with Gasteiger partial charge in [-0.15, -0.1) is 12.4 Å². The molecule has 0 bridgehead atoms. The Morgan fingerprint density at radius 1 is 1.11 bits per heavy atom. The lowest BCUT2D eigenvalue weighted by molar-refractivity contribution is 0.0985.